The molecule has 22 heteroatoms. The molecule has 374 valence electrons. The predicted octanol–water partition coefficient (Wildman–Crippen LogP) is 10.9. The van der Waals surface area contributed by atoms with Crippen LogP contribution in [0.25, 0.3) is 5.57 Å². The number of amides is 2. The van der Waals surface area contributed by atoms with E-state index in [0.717, 1.165) is 66.5 Å². The molecule has 12 nitrogen and oxygen atoms in total. The van der Waals surface area contributed by atoms with Crippen LogP contribution in [0.5, 0.6) is 0 Å². The molecule has 0 bridgehead atoms. The van der Waals surface area contributed by atoms with Gasteiger partial charge in [0.2, 0.25) is 3.79 Å². The van der Waals surface area contributed by atoms with Crippen LogP contribution in [0, 0.1) is 5.41 Å². The van der Waals surface area contributed by atoms with Gasteiger partial charge in [-0.3, -0.25) is 9.69 Å². The molecule has 4 aromatic rings. The molecule has 0 radical (unpaired) electrons. The second kappa shape index (κ2) is 22.7. The quantitative estimate of drug-likeness (QED) is 0.0770. The summed E-state index contributed by atoms with van der Waals surface area (Å²) in [5.74, 6) is -0.926. The molecule has 1 atom stereocenters. The van der Waals surface area contributed by atoms with E-state index in [9.17, 15) is 39.6 Å². The maximum absolute atomic E-state index is 14.2. The number of nitrogens with one attached hydrogen (secondary N) is 2. The summed E-state index contributed by atoms with van der Waals surface area (Å²) in [6, 6.07) is 24.5. The van der Waals surface area contributed by atoms with Gasteiger partial charge in [-0.2, -0.15) is 13.2 Å². The summed E-state index contributed by atoms with van der Waals surface area (Å²) in [6.45, 7) is 7.84. The largest absolute Gasteiger partial charge is 0.501 e. The van der Waals surface area contributed by atoms with Gasteiger partial charge in [0.1, 0.15) is 11.5 Å². The third-order valence-corrected chi connectivity index (χ3v) is 16.4. The second-order valence-corrected chi connectivity index (χ2v) is 25.3. The molecular weight excluding hydrogens is 1040 g/mol. The van der Waals surface area contributed by atoms with Crippen molar-refractivity contribution in [3.63, 3.8) is 0 Å². The first-order valence-corrected chi connectivity index (χ1v) is 27.2. The molecule has 1 aliphatic heterocycles. The highest BCUT2D eigenvalue weighted by atomic mass is 35.6. The van der Waals surface area contributed by atoms with E-state index in [1.165, 1.54) is 47.7 Å². The standard InChI is InChI=1S/C47H52Cl4F3N5O7S3/c1-45(2)21-19-40(32-9-13-35(48)14-10-32)34(28-45)29-58-23-25-59(26-24-58)37-15-11-33(12-16-37)43(60)56-69(64,65)39-17-18-41(42(27-39)68(62,63)47(52,53)54)55-36(30-67-38-7-5-4-6-8-38)20-22-57(3)44(61)66-31-46(49,50)51/h4-18,27,36,55H,19-26,28-31H2,1-3H3,(H,56,60)/t36-/m1/s1. The zero-order valence-electron chi connectivity index (χ0n) is 37.9. The zero-order chi connectivity index (χ0) is 50.4. The van der Waals surface area contributed by atoms with Crippen molar-refractivity contribution in [1.29, 1.82) is 0 Å². The minimum Gasteiger partial charge on any atom is -0.445 e. The van der Waals surface area contributed by atoms with E-state index < -0.39 is 69.3 Å². The Hall–Kier alpha value is -3.88. The summed E-state index contributed by atoms with van der Waals surface area (Å²) in [4.78, 5) is 30.1. The first-order chi connectivity index (χ1) is 32.3. The molecule has 2 amide bonds. The average Bonchev–Trinajstić information content (AvgIpc) is 3.29. The Morgan fingerprint density at radius 1 is 0.899 bits per heavy atom. The van der Waals surface area contributed by atoms with Crippen molar-refractivity contribution >= 4 is 107 Å². The number of rotatable bonds is 17. The lowest BCUT2D eigenvalue weighted by Gasteiger charge is -2.39. The number of ether oxygens (including phenoxy) is 1. The molecule has 1 aliphatic carbocycles. The molecule has 2 N–H and O–H groups in total. The lowest BCUT2D eigenvalue weighted by Crippen LogP contribution is -2.47. The van der Waals surface area contributed by atoms with Crippen LogP contribution >= 0.6 is 58.2 Å². The molecule has 2 aliphatic rings. The minimum atomic E-state index is -6.18. The van der Waals surface area contributed by atoms with Gasteiger partial charge in [0, 0.05) is 79.3 Å². The maximum atomic E-state index is 14.2. The Labute approximate surface area is 425 Å². The number of benzene rings is 4. The first kappa shape index (κ1) is 54.5. The summed E-state index contributed by atoms with van der Waals surface area (Å²) in [7, 11) is -9.73. The highest BCUT2D eigenvalue weighted by molar-refractivity contribution is 7.99. The van der Waals surface area contributed by atoms with Gasteiger partial charge in [-0.05, 0) is 109 Å². The van der Waals surface area contributed by atoms with Crippen molar-refractivity contribution in [3.8, 4) is 0 Å². The first-order valence-electron chi connectivity index (χ1n) is 21.8. The zero-order valence-corrected chi connectivity index (χ0v) is 43.3. The van der Waals surface area contributed by atoms with Gasteiger partial charge in [-0.15, -0.1) is 11.8 Å². The van der Waals surface area contributed by atoms with Gasteiger partial charge >= 0.3 is 11.6 Å². The summed E-state index contributed by atoms with van der Waals surface area (Å²) in [5, 5.41) is 3.52. The van der Waals surface area contributed by atoms with E-state index in [1.54, 1.807) is 42.5 Å². The number of carbonyl (C=O) groups excluding carboxylic acids is 2. The highest BCUT2D eigenvalue weighted by Crippen LogP contribution is 2.43. The average molecular weight is 1090 g/mol. The van der Waals surface area contributed by atoms with Crippen LogP contribution in [0.2, 0.25) is 5.02 Å². The maximum Gasteiger partial charge on any atom is 0.501 e. The Morgan fingerprint density at radius 3 is 2.17 bits per heavy atom. The molecule has 1 fully saturated rings. The fourth-order valence-corrected chi connectivity index (χ4v) is 11.3. The lowest BCUT2D eigenvalue weighted by atomic mass is 9.73. The normalized spacial score (nSPS) is 16.5. The number of anilines is 2. The van der Waals surface area contributed by atoms with E-state index in [0.29, 0.717) is 24.2 Å². The van der Waals surface area contributed by atoms with Gasteiger partial charge < -0.3 is 19.9 Å². The Bertz CT molecular complexity index is 2700. The van der Waals surface area contributed by atoms with Crippen molar-refractivity contribution in [3.05, 3.63) is 119 Å². The molecule has 0 spiro atoms. The van der Waals surface area contributed by atoms with Crippen molar-refractivity contribution in [1.82, 2.24) is 14.5 Å². The number of allylic oxidation sites excluding steroid dienone is 1. The van der Waals surface area contributed by atoms with Gasteiger partial charge in [-0.1, -0.05) is 96.2 Å². The number of halogens is 7. The van der Waals surface area contributed by atoms with E-state index in [4.69, 9.17) is 51.1 Å². The van der Waals surface area contributed by atoms with Gasteiger partial charge in [0.25, 0.3) is 25.8 Å². The number of carbonyl (C=O) groups is 2. The molecule has 0 aromatic heterocycles. The topological polar surface area (TPSA) is 145 Å². The molecule has 0 saturated carbocycles. The minimum absolute atomic E-state index is 0.0411. The fraction of sp³-hybridized carbons (Fsp3) is 0.404. The number of sulfonamides is 1. The number of nitrogens with zero attached hydrogens (tertiary/aromatic N) is 3. The fourth-order valence-electron chi connectivity index (χ4n) is 8.02. The summed E-state index contributed by atoms with van der Waals surface area (Å²) in [6.07, 6.45) is 2.27. The molecular formula is C47H52Cl4F3N5O7S3. The van der Waals surface area contributed by atoms with Gasteiger partial charge in [0.15, 0.2) is 0 Å². The summed E-state index contributed by atoms with van der Waals surface area (Å²) >= 11 is 24.5. The van der Waals surface area contributed by atoms with E-state index >= 15 is 0 Å². The SMILES string of the molecule is CN(CC[C@H](CSc1ccccc1)Nc1ccc(S(=O)(=O)NC(=O)c2ccc(N3CCN(CC4=C(c5ccc(Cl)cc5)CCC(C)(C)C4)CC3)cc2)cc1S(=O)(=O)C(F)(F)F)C(=O)OCC(Cl)(Cl)Cl. The van der Waals surface area contributed by atoms with Gasteiger partial charge in [0.05, 0.1) is 10.6 Å². The number of thioether (sulfide) groups is 1. The number of piperazine rings is 1. The Morgan fingerprint density at radius 2 is 1.55 bits per heavy atom. The van der Waals surface area contributed by atoms with Crippen LogP contribution in [-0.2, 0) is 24.6 Å². The monoisotopic (exact) mass is 1090 g/mol. The van der Waals surface area contributed by atoms with Crippen molar-refractivity contribution < 1.29 is 44.3 Å². The van der Waals surface area contributed by atoms with Crippen molar-refractivity contribution in [2.45, 2.75) is 69.6 Å². The molecule has 4 aromatic carbocycles. The predicted molar refractivity (Wildman–Crippen MR) is 269 cm³/mol. The van der Waals surface area contributed by atoms with Crippen LogP contribution < -0.4 is 14.9 Å². The molecule has 69 heavy (non-hydrogen) atoms. The van der Waals surface area contributed by atoms with Crippen LogP contribution in [0.15, 0.2) is 117 Å². The third kappa shape index (κ3) is 15.1. The number of hydrogen-bond acceptors (Lipinski definition) is 11. The van der Waals surface area contributed by atoms with Crippen molar-refractivity contribution in [2.24, 2.45) is 5.41 Å². The van der Waals surface area contributed by atoms with Crippen LogP contribution in [0.1, 0.15) is 55.5 Å². The number of hydrogen-bond donors (Lipinski definition) is 2. The van der Waals surface area contributed by atoms with E-state index in [1.807, 2.05) is 16.9 Å². The smallest absolute Gasteiger partial charge is 0.445 e. The van der Waals surface area contributed by atoms with Crippen LogP contribution in [0.3, 0.4) is 0 Å². The van der Waals surface area contributed by atoms with Crippen LogP contribution in [-0.4, -0.2) is 113 Å². The van der Waals surface area contributed by atoms with Crippen molar-refractivity contribution in [2.75, 3.05) is 68.9 Å². The molecule has 1 saturated heterocycles. The Kier molecular flexibility index (Phi) is 17.9. The van der Waals surface area contributed by atoms with E-state index in [2.05, 4.69) is 41.1 Å². The lowest BCUT2D eigenvalue weighted by molar-refractivity contribution is -0.0436. The third-order valence-electron chi connectivity index (χ3n) is 11.8. The van der Waals surface area contributed by atoms with Gasteiger partial charge in [-0.25, -0.2) is 26.4 Å². The molecule has 6 rings (SSSR count). The number of sulfone groups is 1. The molecule has 0 unspecified atom stereocenters. The molecule has 1 heterocycles. The summed E-state index contributed by atoms with van der Waals surface area (Å²) in [5.41, 5.74) is -1.44. The number of alkyl halides is 6. The second-order valence-electron chi connectivity index (χ2n) is 17.6. The Balaban J connectivity index is 1.14. The van der Waals surface area contributed by atoms with E-state index in [-0.39, 0.29) is 29.7 Å². The highest BCUT2D eigenvalue weighted by Gasteiger charge is 2.48. The summed E-state index contributed by atoms with van der Waals surface area (Å²) < 4.78 is 101. The van der Waals surface area contributed by atoms with Crippen LogP contribution in [0.4, 0.5) is 29.3 Å².